The third kappa shape index (κ3) is 5.58. The Kier molecular flexibility index (Phi) is 7.09. The molecule has 0 spiro atoms. The van der Waals surface area contributed by atoms with Crippen LogP contribution in [-0.2, 0) is 4.79 Å². The van der Waals surface area contributed by atoms with Gasteiger partial charge in [-0.1, -0.05) is 47.3 Å². The molecule has 3 rings (SSSR count). The standard InChI is InChI=1S/C22H25BrN2O3/c1-15(28-18-13-11-16(23)12-14-18)21(26)25-20-10-6-5-9-19(20)22(27)24-17-7-3-2-4-8-17/h5-6,9-15,17H,2-4,7-8H2,1H3,(H,24,27)(H,25,26)/t15-/m0/s1. The van der Waals surface area contributed by atoms with Gasteiger partial charge >= 0.3 is 0 Å². The van der Waals surface area contributed by atoms with Crippen molar-refractivity contribution in [1.82, 2.24) is 5.32 Å². The van der Waals surface area contributed by atoms with Gasteiger partial charge in [0.25, 0.3) is 11.8 Å². The lowest BCUT2D eigenvalue weighted by Gasteiger charge is -2.23. The minimum atomic E-state index is -0.698. The highest BCUT2D eigenvalue weighted by Crippen LogP contribution is 2.21. The monoisotopic (exact) mass is 444 g/mol. The van der Waals surface area contributed by atoms with Gasteiger partial charge in [0.15, 0.2) is 6.10 Å². The van der Waals surface area contributed by atoms with Gasteiger partial charge in [0.2, 0.25) is 0 Å². The average molecular weight is 445 g/mol. The number of carbonyl (C=O) groups is 2. The second kappa shape index (κ2) is 9.73. The van der Waals surface area contributed by atoms with Crippen molar-refractivity contribution in [2.24, 2.45) is 0 Å². The number of carbonyl (C=O) groups excluding carboxylic acids is 2. The molecule has 1 atom stereocenters. The quantitative estimate of drug-likeness (QED) is 0.664. The van der Waals surface area contributed by atoms with Gasteiger partial charge < -0.3 is 15.4 Å². The molecule has 5 nitrogen and oxygen atoms in total. The molecule has 0 radical (unpaired) electrons. The first-order valence-corrected chi connectivity index (χ1v) is 10.4. The molecule has 0 unspecified atom stereocenters. The van der Waals surface area contributed by atoms with Crippen molar-refractivity contribution in [3.8, 4) is 5.75 Å². The van der Waals surface area contributed by atoms with Crippen molar-refractivity contribution in [3.63, 3.8) is 0 Å². The van der Waals surface area contributed by atoms with E-state index in [-0.39, 0.29) is 17.9 Å². The van der Waals surface area contributed by atoms with E-state index >= 15 is 0 Å². The Morgan fingerprint density at radius 3 is 2.43 bits per heavy atom. The second-order valence-corrected chi connectivity index (χ2v) is 7.97. The Bertz CT molecular complexity index is 817. The van der Waals surface area contributed by atoms with E-state index in [1.54, 1.807) is 43.3 Å². The first-order valence-electron chi connectivity index (χ1n) is 9.66. The molecule has 2 aromatic carbocycles. The lowest BCUT2D eigenvalue weighted by atomic mass is 9.95. The topological polar surface area (TPSA) is 67.4 Å². The Morgan fingerprint density at radius 2 is 1.71 bits per heavy atom. The first kappa shape index (κ1) is 20.4. The van der Waals surface area contributed by atoms with Gasteiger partial charge in [0.1, 0.15) is 5.75 Å². The average Bonchev–Trinajstić information content (AvgIpc) is 2.70. The maximum Gasteiger partial charge on any atom is 0.265 e. The highest BCUT2D eigenvalue weighted by atomic mass is 79.9. The normalized spacial score (nSPS) is 15.5. The van der Waals surface area contributed by atoms with Gasteiger partial charge in [0.05, 0.1) is 11.3 Å². The van der Waals surface area contributed by atoms with Crippen molar-refractivity contribution < 1.29 is 14.3 Å². The van der Waals surface area contributed by atoms with Crippen LogP contribution >= 0.6 is 15.9 Å². The van der Waals surface area contributed by atoms with Crippen molar-refractivity contribution in [2.45, 2.75) is 51.2 Å². The zero-order chi connectivity index (χ0) is 19.9. The van der Waals surface area contributed by atoms with Crippen LogP contribution in [0.15, 0.2) is 53.0 Å². The minimum Gasteiger partial charge on any atom is -0.481 e. The molecule has 0 saturated heterocycles. The molecule has 0 aromatic heterocycles. The zero-order valence-corrected chi connectivity index (χ0v) is 17.5. The molecular formula is C22H25BrN2O3. The van der Waals surface area contributed by atoms with E-state index in [4.69, 9.17) is 4.74 Å². The van der Waals surface area contributed by atoms with Crippen molar-refractivity contribution >= 4 is 33.4 Å². The van der Waals surface area contributed by atoms with Gasteiger partial charge in [-0.05, 0) is 56.2 Å². The summed E-state index contributed by atoms with van der Waals surface area (Å²) in [4.78, 5) is 25.3. The molecule has 2 aromatic rings. The van der Waals surface area contributed by atoms with Crippen LogP contribution in [-0.4, -0.2) is 24.0 Å². The van der Waals surface area contributed by atoms with E-state index in [1.165, 1.54) is 6.42 Å². The smallest absolute Gasteiger partial charge is 0.265 e. The number of anilines is 1. The van der Waals surface area contributed by atoms with Crippen LogP contribution in [0.5, 0.6) is 5.75 Å². The van der Waals surface area contributed by atoms with Crippen molar-refractivity contribution in [2.75, 3.05) is 5.32 Å². The third-order valence-electron chi connectivity index (χ3n) is 4.87. The van der Waals surface area contributed by atoms with E-state index in [0.29, 0.717) is 17.0 Å². The number of halogens is 1. The maximum absolute atomic E-state index is 12.7. The summed E-state index contributed by atoms with van der Waals surface area (Å²) in [6, 6.07) is 14.6. The highest BCUT2D eigenvalue weighted by Gasteiger charge is 2.21. The van der Waals surface area contributed by atoms with Crippen LogP contribution in [0.3, 0.4) is 0 Å². The molecule has 0 heterocycles. The van der Waals surface area contributed by atoms with Crippen LogP contribution in [0.25, 0.3) is 0 Å². The maximum atomic E-state index is 12.7. The Balaban J connectivity index is 1.63. The van der Waals surface area contributed by atoms with Crippen molar-refractivity contribution in [1.29, 1.82) is 0 Å². The number of amides is 2. The van der Waals surface area contributed by atoms with Crippen LogP contribution in [0, 0.1) is 0 Å². The molecule has 0 aliphatic heterocycles. The molecule has 1 aliphatic carbocycles. The number of nitrogens with one attached hydrogen (secondary N) is 2. The van der Waals surface area contributed by atoms with E-state index in [2.05, 4.69) is 26.6 Å². The molecule has 2 amide bonds. The fraction of sp³-hybridized carbons (Fsp3) is 0.364. The van der Waals surface area contributed by atoms with E-state index < -0.39 is 6.10 Å². The number of rotatable bonds is 6. The first-order chi connectivity index (χ1) is 13.5. The molecule has 1 saturated carbocycles. The Hall–Kier alpha value is -2.34. The number of ether oxygens (including phenoxy) is 1. The van der Waals surface area contributed by atoms with Crippen LogP contribution in [0.1, 0.15) is 49.4 Å². The van der Waals surface area contributed by atoms with Gasteiger partial charge in [-0.15, -0.1) is 0 Å². The fourth-order valence-corrected chi connectivity index (χ4v) is 3.57. The molecule has 1 aliphatic rings. The van der Waals surface area contributed by atoms with Gasteiger partial charge in [0, 0.05) is 10.5 Å². The summed E-state index contributed by atoms with van der Waals surface area (Å²) in [5.74, 6) is 0.152. The predicted molar refractivity (Wildman–Crippen MR) is 114 cm³/mol. The lowest BCUT2D eigenvalue weighted by Crippen LogP contribution is -2.37. The lowest BCUT2D eigenvalue weighted by molar-refractivity contribution is -0.122. The number of hydrogen-bond acceptors (Lipinski definition) is 3. The van der Waals surface area contributed by atoms with Crippen molar-refractivity contribution in [3.05, 3.63) is 58.6 Å². The molecule has 28 heavy (non-hydrogen) atoms. The summed E-state index contributed by atoms with van der Waals surface area (Å²) in [5.41, 5.74) is 0.962. The number of hydrogen-bond donors (Lipinski definition) is 2. The molecule has 6 heteroatoms. The molecule has 2 N–H and O–H groups in total. The van der Waals surface area contributed by atoms with E-state index in [9.17, 15) is 9.59 Å². The Labute approximate surface area is 174 Å². The SMILES string of the molecule is C[C@H](Oc1ccc(Br)cc1)C(=O)Nc1ccccc1C(=O)NC1CCCCC1. The van der Waals surface area contributed by atoms with Crippen LogP contribution < -0.4 is 15.4 Å². The van der Waals surface area contributed by atoms with Crippen LogP contribution in [0.4, 0.5) is 5.69 Å². The molecule has 148 valence electrons. The van der Waals surface area contributed by atoms with E-state index in [1.807, 2.05) is 12.1 Å². The predicted octanol–water partition coefficient (Wildman–Crippen LogP) is 4.92. The van der Waals surface area contributed by atoms with Gasteiger partial charge in [-0.2, -0.15) is 0 Å². The number of benzene rings is 2. The van der Waals surface area contributed by atoms with E-state index in [0.717, 1.165) is 30.2 Å². The molecule has 1 fully saturated rings. The largest absolute Gasteiger partial charge is 0.481 e. The second-order valence-electron chi connectivity index (χ2n) is 7.06. The van der Waals surface area contributed by atoms with Gasteiger partial charge in [-0.3, -0.25) is 9.59 Å². The highest BCUT2D eigenvalue weighted by molar-refractivity contribution is 9.10. The summed E-state index contributed by atoms with van der Waals surface area (Å²) >= 11 is 3.37. The third-order valence-corrected chi connectivity index (χ3v) is 5.39. The summed E-state index contributed by atoms with van der Waals surface area (Å²) < 4.78 is 6.63. The summed E-state index contributed by atoms with van der Waals surface area (Å²) in [6.07, 6.45) is 4.85. The fourth-order valence-electron chi connectivity index (χ4n) is 3.31. The van der Waals surface area contributed by atoms with Gasteiger partial charge in [-0.25, -0.2) is 0 Å². The Morgan fingerprint density at radius 1 is 1.04 bits per heavy atom. The zero-order valence-electron chi connectivity index (χ0n) is 15.9. The molecule has 0 bridgehead atoms. The summed E-state index contributed by atoms with van der Waals surface area (Å²) in [7, 11) is 0. The summed E-state index contributed by atoms with van der Waals surface area (Å²) in [5, 5.41) is 5.92. The summed E-state index contributed by atoms with van der Waals surface area (Å²) in [6.45, 7) is 1.68. The molecular weight excluding hydrogens is 420 g/mol. The van der Waals surface area contributed by atoms with Crippen LogP contribution in [0.2, 0.25) is 0 Å². The number of para-hydroxylation sites is 1. The minimum absolute atomic E-state index is 0.149.